The second-order valence-electron chi connectivity index (χ2n) is 4.20. The molecule has 1 aliphatic heterocycles. The van der Waals surface area contributed by atoms with Gasteiger partial charge in [0.05, 0.1) is 13.2 Å². The Bertz CT molecular complexity index is 197. The van der Waals surface area contributed by atoms with Gasteiger partial charge in [-0.25, -0.2) is 0 Å². The van der Waals surface area contributed by atoms with Crippen molar-refractivity contribution < 1.29 is 14.3 Å². The molecule has 0 aromatic carbocycles. The second kappa shape index (κ2) is 4.41. The third-order valence-electron chi connectivity index (χ3n) is 3.36. The van der Waals surface area contributed by atoms with Gasteiger partial charge in [0, 0.05) is 18.8 Å². The van der Waals surface area contributed by atoms with E-state index in [0.29, 0.717) is 12.3 Å². The SMILES string of the molecule is O=CCCC1CCCCC12OCCO2. The zero-order valence-corrected chi connectivity index (χ0v) is 8.54. The van der Waals surface area contributed by atoms with Crippen LogP contribution in [0.1, 0.15) is 38.5 Å². The minimum Gasteiger partial charge on any atom is -0.347 e. The van der Waals surface area contributed by atoms with Crippen molar-refractivity contribution in [3.63, 3.8) is 0 Å². The van der Waals surface area contributed by atoms with Crippen LogP contribution in [0, 0.1) is 5.92 Å². The van der Waals surface area contributed by atoms with Crippen LogP contribution in [-0.2, 0) is 14.3 Å². The minimum atomic E-state index is -0.318. The van der Waals surface area contributed by atoms with E-state index in [1.54, 1.807) is 0 Å². The predicted molar refractivity (Wildman–Crippen MR) is 51.9 cm³/mol. The van der Waals surface area contributed by atoms with Gasteiger partial charge in [0.2, 0.25) is 0 Å². The summed E-state index contributed by atoms with van der Waals surface area (Å²) >= 11 is 0. The molecule has 1 spiro atoms. The number of ether oxygens (including phenoxy) is 2. The van der Waals surface area contributed by atoms with Crippen molar-refractivity contribution in [3.8, 4) is 0 Å². The number of carbonyl (C=O) groups excluding carboxylic acids is 1. The Balaban J connectivity index is 1.98. The predicted octanol–water partition coefficient (Wildman–Crippen LogP) is 1.90. The summed E-state index contributed by atoms with van der Waals surface area (Å²) < 4.78 is 11.5. The van der Waals surface area contributed by atoms with Crippen LogP contribution in [0.25, 0.3) is 0 Å². The molecule has 0 N–H and O–H groups in total. The van der Waals surface area contributed by atoms with Crippen molar-refractivity contribution in [2.45, 2.75) is 44.3 Å². The van der Waals surface area contributed by atoms with Crippen molar-refractivity contribution in [2.75, 3.05) is 13.2 Å². The third kappa shape index (κ3) is 1.84. The Kier molecular flexibility index (Phi) is 3.19. The summed E-state index contributed by atoms with van der Waals surface area (Å²) in [6.45, 7) is 1.44. The van der Waals surface area contributed by atoms with Gasteiger partial charge < -0.3 is 14.3 Å². The molecule has 14 heavy (non-hydrogen) atoms. The van der Waals surface area contributed by atoms with Crippen molar-refractivity contribution >= 4 is 6.29 Å². The summed E-state index contributed by atoms with van der Waals surface area (Å²) in [6.07, 6.45) is 7.15. The molecular formula is C11H18O3. The number of rotatable bonds is 3. The molecule has 1 heterocycles. The molecule has 2 rings (SSSR count). The number of hydrogen-bond acceptors (Lipinski definition) is 3. The summed E-state index contributed by atoms with van der Waals surface area (Å²) in [5.41, 5.74) is 0. The molecule has 1 aliphatic carbocycles. The first-order valence-electron chi connectivity index (χ1n) is 5.59. The van der Waals surface area contributed by atoms with Crippen LogP contribution in [0.4, 0.5) is 0 Å². The van der Waals surface area contributed by atoms with E-state index in [2.05, 4.69) is 0 Å². The Morgan fingerprint density at radius 3 is 2.79 bits per heavy atom. The highest BCUT2D eigenvalue weighted by Gasteiger charge is 2.45. The summed E-state index contributed by atoms with van der Waals surface area (Å²) in [5, 5.41) is 0. The normalized spacial score (nSPS) is 30.7. The first kappa shape index (κ1) is 10.1. The first-order valence-corrected chi connectivity index (χ1v) is 5.59. The smallest absolute Gasteiger partial charge is 0.171 e. The van der Waals surface area contributed by atoms with Gasteiger partial charge >= 0.3 is 0 Å². The zero-order chi connectivity index (χ0) is 9.86. The quantitative estimate of drug-likeness (QED) is 0.650. The summed E-state index contributed by atoms with van der Waals surface area (Å²) in [6, 6.07) is 0. The summed E-state index contributed by atoms with van der Waals surface area (Å²) in [5.74, 6) is 0.116. The van der Waals surface area contributed by atoms with Gasteiger partial charge in [-0.2, -0.15) is 0 Å². The number of aldehydes is 1. The lowest BCUT2D eigenvalue weighted by Gasteiger charge is -2.39. The number of hydrogen-bond donors (Lipinski definition) is 0. The van der Waals surface area contributed by atoms with E-state index in [0.717, 1.165) is 38.8 Å². The molecule has 2 aliphatic rings. The van der Waals surface area contributed by atoms with E-state index in [1.807, 2.05) is 0 Å². The second-order valence-corrected chi connectivity index (χ2v) is 4.20. The van der Waals surface area contributed by atoms with Crippen LogP contribution < -0.4 is 0 Å². The maximum Gasteiger partial charge on any atom is 0.171 e. The average molecular weight is 198 g/mol. The molecule has 0 aromatic heterocycles. The van der Waals surface area contributed by atoms with Gasteiger partial charge in [-0.05, 0) is 19.3 Å². The Morgan fingerprint density at radius 1 is 1.29 bits per heavy atom. The van der Waals surface area contributed by atoms with Gasteiger partial charge in [0.15, 0.2) is 5.79 Å². The van der Waals surface area contributed by atoms with Crippen LogP contribution in [0.15, 0.2) is 0 Å². The van der Waals surface area contributed by atoms with E-state index in [-0.39, 0.29) is 5.79 Å². The highest BCUT2D eigenvalue weighted by Crippen LogP contribution is 2.42. The van der Waals surface area contributed by atoms with Crippen molar-refractivity contribution in [2.24, 2.45) is 5.92 Å². The average Bonchev–Trinajstić information content (AvgIpc) is 2.66. The third-order valence-corrected chi connectivity index (χ3v) is 3.36. The Labute approximate surface area is 84.8 Å². The molecule has 0 amide bonds. The van der Waals surface area contributed by atoms with Gasteiger partial charge in [-0.3, -0.25) is 0 Å². The molecule has 3 nitrogen and oxygen atoms in total. The van der Waals surface area contributed by atoms with Crippen molar-refractivity contribution in [1.29, 1.82) is 0 Å². The van der Waals surface area contributed by atoms with Crippen LogP contribution >= 0.6 is 0 Å². The fourth-order valence-corrected chi connectivity index (χ4v) is 2.67. The molecule has 0 radical (unpaired) electrons. The molecule has 0 aromatic rings. The van der Waals surface area contributed by atoms with Crippen LogP contribution in [0.3, 0.4) is 0 Å². The maximum absolute atomic E-state index is 10.4. The van der Waals surface area contributed by atoms with Gasteiger partial charge in [-0.15, -0.1) is 0 Å². The molecule has 1 saturated heterocycles. The van der Waals surface area contributed by atoms with Crippen molar-refractivity contribution in [1.82, 2.24) is 0 Å². The fourth-order valence-electron chi connectivity index (χ4n) is 2.67. The topological polar surface area (TPSA) is 35.5 Å². The molecule has 2 fully saturated rings. The van der Waals surface area contributed by atoms with Crippen molar-refractivity contribution in [3.05, 3.63) is 0 Å². The van der Waals surface area contributed by atoms with E-state index >= 15 is 0 Å². The Hall–Kier alpha value is -0.410. The number of carbonyl (C=O) groups is 1. The molecule has 80 valence electrons. The molecule has 3 heteroatoms. The lowest BCUT2D eigenvalue weighted by atomic mass is 9.80. The molecule has 1 unspecified atom stereocenters. The molecule has 0 bridgehead atoms. The van der Waals surface area contributed by atoms with E-state index < -0.39 is 0 Å². The van der Waals surface area contributed by atoms with Crippen LogP contribution in [0.2, 0.25) is 0 Å². The van der Waals surface area contributed by atoms with Gasteiger partial charge in [0.25, 0.3) is 0 Å². The zero-order valence-electron chi connectivity index (χ0n) is 8.54. The largest absolute Gasteiger partial charge is 0.347 e. The summed E-state index contributed by atoms with van der Waals surface area (Å²) in [7, 11) is 0. The van der Waals surface area contributed by atoms with Gasteiger partial charge in [0.1, 0.15) is 6.29 Å². The van der Waals surface area contributed by atoms with E-state index in [4.69, 9.17) is 9.47 Å². The van der Waals surface area contributed by atoms with Crippen LogP contribution in [-0.4, -0.2) is 25.3 Å². The first-order chi connectivity index (χ1) is 6.87. The van der Waals surface area contributed by atoms with E-state index in [9.17, 15) is 4.79 Å². The lowest BCUT2D eigenvalue weighted by Crippen LogP contribution is -2.41. The Morgan fingerprint density at radius 2 is 2.07 bits per heavy atom. The van der Waals surface area contributed by atoms with Crippen LogP contribution in [0.5, 0.6) is 0 Å². The minimum absolute atomic E-state index is 0.318. The standard InChI is InChI=1S/C11H18O3/c12-7-3-5-10-4-1-2-6-11(10)13-8-9-14-11/h7,10H,1-6,8-9H2. The van der Waals surface area contributed by atoms with E-state index in [1.165, 1.54) is 12.8 Å². The van der Waals surface area contributed by atoms with Gasteiger partial charge in [-0.1, -0.05) is 6.42 Å². The lowest BCUT2D eigenvalue weighted by molar-refractivity contribution is -0.213. The fraction of sp³-hybridized carbons (Fsp3) is 0.909. The molecular weight excluding hydrogens is 180 g/mol. The monoisotopic (exact) mass is 198 g/mol. The molecule has 1 saturated carbocycles. The highest BCUT2D eigenvalue weighted by atomic mass is 16.7. The maximum atomic E-state index is 10.4. The molecule has 1 atom stereocenters. The summed E-state index contributed by atoms with van der Waals surface area (Å²) in [4.78, 5) is 10.4. The highest BCUT2D eigenvalue weighted by molar-refractivity contribution is 5.49.